The highest BCUT2D eigenvalue weighted by molar-refractivity contribution is 6.29. The zero-order chi connectivity index (χ0) is 17.7. The largest absolute Gasteiger partial charge is 0.491 e. The maximum Gasteiger partial charge on any atom is 0.416 e. The molecule has 0 aliphatic carbocycles. The summed E-state index contributed by atoms with van der Waals surface area (Å²) in [5.41, 5.74) is -0.771. The van der Waals surface area contributed by atoms with Crippen molar-refractivity contribution in [1.29, 1.82) is 0 Å². The summed E-state index contributed by atoms with van der Waals surface area (Å²) in [6, 6.07) is 5.77. The first kappa shape index (κ1) is 18.1. The van der Waals surface area contributed by atoms with Gasteiger partial charge in [-0.15, -0.1) is 0 Å². The van der Waals surface area contributed by atoms with Crippen LogP contribution in [0.4, 0.5) is 18.9 Å². The molecule has 0 aliphatic rings. The number of carbonyl (C=O) groups is 1. The fraction of sp³-hybridized carbons (Fsp3) is 0.250. The summed E-state index contributed by atoms with van der Waals surface area (Å²) in [5.74, 6) is -0.444. The van der Waals surface area contributed by atoms with Crippen molar-refractivity contribution in [3.05, 3.63) is 52.8 Å². The Morgan fingerprint density at radius 3 is 2.62 bits per heavy atom. The summed E-state index contributed by atoms with van der Waals surface area (Å²) in [6.07, 6.45) is -2.61. The number of benzene rings is 1. The number of nitrogens with one attached hydrogen (secondary N) is 1. The number of rotatable bonds is 5. The highest BCUT2D eigenvalue weighted by Gasteiger charge is 2.31. The first-order valence-corrected chi connectivity index (χ1v) is 7.46. The van der Waals surface area contributed by atoms with Crippen molar-refractivity contribution in [2.75, 3.05) is 11.9 Å². The van der Waals surface area contributed by atoms with Crippen LogP contribution in [-0.2, 0) is 6.18 Å². The van der Waals surface area contributed by atoms with Gasteiger partial charge in [-0.3, -0.25) is 4.79 Å². The van der Waals surface area contributed by atoms with Crippen molar-refractivity contribution in [3.8, 4) is 5.75 Å². The third-order valence-electron chi connectivity index (χ3n) is 3.01. The quantitative estimate of drug-likeness (QED) is 0.781. The molecule has 4 nitrogen and oxygen atoms in total. The van der Waals surface area contributed by atoms with Gasteiger partial charge in [-0.2, -0.15) is 13.2 Å². The Hall–Kier alpha value is -2.28. The van der Waals surface area contributed by atoms with Crippen LogP contribution in [0.15, 0.2) is 36.5 Å². The summed E-state index contributed by atoms with van der Waals surface area (Å²) >= 11 is 5.64. The van der Waals surface area contributed by atoms with E-state index in [1.165, 1.54) is 24.4 Å². The second-order valence-corrected chi connectivity index (χ2v) is 5.27. The fourth-order valence-corrected chi connectivity index (χ4v) is 1.96. The van der Waals surface area contributed by atoms with Gasteiger partial charge in [0.15, 0.2) is 0 Å². The predicted octanol–water partition coefficient (Wildman–Crippen LogP) is 4.79. The zero-order valence-corrected chi connectivity index (χ0v) is 13.4. The van der Waals surface area contributed by atoms with Crippen LogP contribution in [-0.4, -0.2) is 17.5 Å². The molecule has 0 unspecified atom stereocenters. The monoisotopic (exact) mass is 358 g/mol. The number of hydrogen-bond donors (Lipinski definition) is 1. The molecule has 24 heavy (non-hydrogen) atoms. The van der Waals surface area contributed by atoms with Gasteiger partial charge < -0.3 is 10.1 Å². The van der Waals surface area contributed by atoms with E-state index in [-0.39, 0.29) is 22.2 Å². The van der Waals surface area contributed by atoms with E-state index in [2.05, 4.69) is 10.3 Å². The average Bonchev–Trinajstić information content (AvgIpc) is 2.53. The highest BCUT2D eigenvalue weighted by Crippen LogP contribution is 2.35. The summed E-state index contributed by atoms with van der Waals surface area (Å²) in [6.45, 7) is 2.18. The second-order valence-electron chi connectivity index (χ2n) is 4.88. The van der Waals surface area contributed by atoms with E-state index < -0.39 is 17.6 Å². The number of alkyl halides is 3. The maximum atomic E-state index is 12.9. The number of amides is 1. The molecule has 0 atom stereocenters. The average molecular weight is 359 g/mol. The van der Waals surface area contributed by atoms with Gasteiger partial charge in [-0.1, -0.05) is 18.5 Å². The maximum absolute atomic E-state index is 12.9. The van der Waals surface area contributed by atoms with Crippen molar-refractivity contribution in [3.63, 3.8) is 0 Å². The van der Waals surface area contributed by atoms with Gasteiger partial charge in [0, 0.05) is 6.20 Å². The number of halogens is 4. The lowest BCUT2D eigenvalue weighted by atomic mass is 10.1. The summed E-state index contributed by atoms with van der Waals surface area (Å²) in [5, 5.41) is 2.63. The van der Waals surface area contributed by atoms with E-state index in [0.29, 0.717) is 13.0 Å². The van der Waals surface area contributed by atoms with Crippen LogP contribution < -0.4 is 10.1 Å². The van der Waals surface area contributed by atoms with Crippen LogP contribution in [0, 0.1) is 0 Å². The van der Waals surface area contributed by atoms with Crippen LogP contribution >= 0.6 is 11.6 Å². The third kappa shape index (κ3) is 4.61. The van der Waals surface area contributed by atoms with E-state index in [1.54, 1.807) is 0 Å². The Morgan fingerprint density at radius 2 is 2.04 bits per heavy atom. The van der Waals surface area contributed by atoms with Crippen molar-refractivity contribution in [2.45, 2.75) is 19.5 Å². The number of aromatic nitrogens is 1. The molecule has 1 N–H and O–H groups in total. The second kappa shape index (κ2) is 7.53. The molecule has 2 rings (SSSR count). The Balaban J connectivity index is 2.30. The predicted molar refractivity (Wildman–Crippen MR) is 84.4 cm³/mol. The molecule has 0 fully saturated rings. The molecule has 0 aliphatic heterocycles. The smallest absolute Gasteiger partial charge is 0.416 e. The number of nitrogens with zero attached hydrogens (tertiary/aromatic N) is 1. The summed E-state index contributed by atoms with van der Waals surface area (Å²) in [4.78, 5) is 15.9. The molecule has 0 saturated carbocycles. The van der Waals surface area contributed by atoms with E-state index in [9.17, 15) is 18.0 Å². The van der Waals surface area contributed by atoms with Gasteiger partial charge >= 0.3 is 6.18 Å². The summed E-state index contributed by atoms with van der Waals surface area (Å²) < 4.78 is 44.0. The Kier molecular flexibility index (Phi) is 5.66. The van der Waals surface area contributed by atoms with Gasteiger partial charge in [0.05, 0.1) is 23.4 Å². The minimum atomic E-state index is -4.52. The topological polar surface area (TPSA) is 51.2 Å². The SMILES string of the molecule is CCCOc1ccc(C(F)(F)F)cc1NC(=O)c1ccc(Cl)nc1. The third-order valence-corrected chi connectivity index (χ3v) is 3.23. The standard InChI is InChI=1S/C16H14ClF3N2O2/c1-2-7-24-13-5-4-11(16(18,19)20)8-12(13)22-15(23)10-3-6-14(17)21-9-10/h3-6,8-9H,2,7H2,1H3,(H,22,23). The normalized spacial score (nSPS) is 11.2. The number of pyridine rings is 1. The van der Waals surface area contributed by atoms with Crippen LogP contribution in [0.5, 0.6) is 5.75 Å². The molecule has 0 radical (unpaired) electrons. The molecular formula is C16H14ClF3N2O2. The minimum Gasteiger partial charge on any atom is -0.491 e. The van der Waals surface area contributed by atoms with Crippen LogP contribution in [0.25, 0.3) is 0 Å². The van der Waals surface area contributed by atoms with E-state index in [4.69, 9.17) is 16.3 Å². The molecule has 1 aromatic heterocycles. The van der Waals surface area contributed by atoms with Crippen molar-refractivity contribution in [2.24, 2.45) is 0 Å². The van der Waals surface area contributed by atoms with E-state index >= 15 is 0 Å². The van der Waals surface area contributed by atoms with Crippen LogP contribution in [0.3, 0.4) is 0 Å². The molecule has 0 spiro atoms. The molecule has 1 amide bonds. The molecule has 8 heteroatoms. The molecule has 1 heterocycles. The summed E-state index contributed by atoms with van der Waals surface area (Å²) in [7, 11) is 0. The van der Waals surface area contributed by atoms with Gasteiger partial charge in [0.2, 0.25) is 0 Å². The zero-order valence-electron chi connectivity index (χ0n) is 12.7. The van der Waals surface area contributed by atoms with Gasteiger partial charge in [-0.05, 0) is 36.8 Å². The lowest BCUT2D eigenvalue weighted by Crippen LogP contribution is -2.15. The Bertz CT molecular complexity index is 718. The number of anilines is 1. The molecule has 128 valence electrons. The van der Waals surface area contributed by atoms with Crippen LogP contribution in [0.2, 0.25) is 5.15 Å². The van der Waals surface area contributed by atoms with E-state index in [0.717, 1.165) is 12.1 Å². The fourth-order valence-electron chi connectivity index (χ4n) is 1.85. The lowest BCUT2D eigenvalue weighted by molar-refractivity contribution is -0.137. The van der Waals surface area contributed by atoms with E-state index in [1.807, 2.05) is 6.92 Å². The minimum absolute atomic E-state index is 0.0572. The molecule has 0 bridgehead atoms. The lowest BCUT2D eigenvalue weighted by Gasteiger charge is -2.15. The molecule has 1 aromatic carbocycles. The molecular weight excluding hydrogens is 345 g/mol. The highest BCUT2D eigenvalue weighted by atomic mass is 35.5. The van der Waals surface area contributed by atoms with Crippen molar-refractivity contribution in [1.82, 2.24) is 4.98 Å². The van der Waals surface area contributed by atoms with Gasteiger partial charge in [-0.25, -0.2) is 4.98 Å². The number of ether oxygens (including phenoxy) is 1. The van der Waals surface area contributed by atoms with Crippen LogP contribution in [0.1, 0.15) is 29.3 Å². The molecule has 0 saturated heterocycles. The first-order chi connectivity index (χ1) is 11.3. The number of carbonyl (C=O) groups excluding carboxylic acids is 1. The Labute approximate surface area is 141 Å². The van der Waals surface area contributed by atoms with Gasteiger partial charge in [0.1, 0.15) is 10.9 Å². The first-order valence-electron chi connectivity index (χ1n) is 7.08. The van der Waals surface area contributed by atoms with Crippen molar-refractivity contribution < 1.29 is 22.7 Å². The van der Waals surface area contributed by atoms with Gasteiger partial charge in [0.25, 0.3) is 5.91 Å². The molecule has 2 aromatic rings. The van der Waals surface area contributed by atoms with Crippen molar-refractivity contribution >= 4 is 23.2 Å². The number of hydrogen-bond acceptors (Lipinski definition) is 3. The Morgan fingerprint density at radius 1 is 1.29 bits per heavy atom.